The molecule has 1 amide bonds. The van der Waals surface area contributed by atoms with Gasteiger partial charge < -0.3 is 10.1 Å². The van der Waals surface area contributed by atoms with Gasteiger partial charge in [0.05, 0.1) is 12.2 Å². The third-order valence-corrected chi connectivity index (χ3v) is 6.42. The minimum Gasteiger partial charge on any atom is -0.462 e. The van der Waals surface area contributed by atoms with Crippen molar-refractivity contribution in [1.29, 1.82) is 0 Å². The highest BCUT2D eigenvalue weighted by Gasteiger charge is 2.26. The summed E-state index contributed by atoms with van der Waals surface area (Å²) < 4.78 is 5.21. The molecule has 0 bridgehead atoms. The molecule has 1 aromatic carbocycles. The van der Waals surface area contributed by atoms with Crippen molar-refractivity contribution in [3.63, 3.8) is 0 Å². The Balaban J connectivity index is 1.85. The number of hydrogen-bond acceptors (Lipinski definition) is 4. The molecule has 1 aliphatic rings. The van der Waals surface area contributed by atoms with Gasteiger partial charge >= 0.3 is 5.97 Å². The average Bonchev–Trinajstić information content (AvgIpc) is 3.12. The molecule has 0 saturated heterocycles. The topological polar surface area (TPSA) is 55.4 Å². The van der Waals surface area contributed by atoms with Crippen molar-refractivity contribution in [1.82, 2.24) is 0 Å². The number of hydrogen-bond donors (Lipinski definition) is 1. The Labute approximate surface area is 164 Å². The molecule has 0 radical (unpaired) electrons. The second-order valence-corrected chi connectivity index (χ2v) is 8.15. The fraction of sp³-hybridized carbons (Fsp3) is 0.455. The molecule has 1 heterocycles. The summed E-state index contributed by atoms with van der Waals surface area (Å²) >= 11 is 1.48. The van der Waals surface area contributed by atoms with Gasteiger partial charge in [-0.1, -0.05) is 56.5 Å². The van der Waals surface area contributed by atoms with Crippen LogP contribution in [0.2, 0.25) is 0 Å². The molecule has 144 valence electrons. The quantitative estimate of drug-likeness (QED) is 0.659. The zero-order chi connectivity index (χ0) is 19.2. The Morgan fingerprint density at radius 1 is 1.19 bits per heavy atom. The van der Waals surface area contributed by atoms with Gasteiger partial charge in [0.2, 0.25) is 5.91 Å². The lowest BCUT2D eigenvalue weighted by atomic mass is 9.89. The van der Waals surface area contributed by atoms with Crippen LogP contribution in [-0.4, -0.2) is 18.5 Å². The number of carbonyl (C=O) groups excluding carboxylic acids is 2. The maximum Gasteiger partial charge on any atom is 0.341 e. The standard InChI is InChI=1S/C22H27NO3S/c1-3-26-22(25)18-14-19(15(2)16-10-6-4-7-11-16)27-21(18)23-20(24)17-12-8-5-9-13-17/h4,6-7,10-11,14-15,17H,3,5,8-9,12-13H2,1-2H3,(H,23,24)/t15-/m0/s1. The van der Waals surface area contributed by atoms with Crippen molar-refractivity contribution in [3.8, 4) is 0 Å². The molecule has 1 atom stereocenters. The smallest absolute Gasteiger partial charge is 0.341 e. The van der Waals surface area contributed by atoms with Crippen LogP contribution in [0.5, 0.6) is 0 Å². The van der Waals surface area contributed by atoms with Crippen molar-refractivity contribution in [2.75, 3.05) is 11.9 Å². The number of amides is 1. The highest BCUT2D eigenvalue weighted by atomic mass is 32.1. The molecule has 0 spiro atoms. The summed E-state index contributed by atoms with van der Waals surface area (Å²) in [5.41, 5.74) is 1.64. The first-order chi connectivity index (χ1) is 13.1. The van der Waals surface area contributed by atoms with E-state index in [4.69, 9.17) is 4.74 Å². The highest BCUT2D eigenvalue weighted by molar-refractivity contribution is 7.16. The van der Waals surface area contributed by atoms with Gasteiger partial charge in [0.15, 0.2) is 0 Å². The van der Waals surface area contributed by atoms with Crippen molar-refractivity contribution < 1.29 is 14.3 Å². The molecule has 1 aromatic heterocycles. The number of thiophene rings is 1. The highest BCUT2D eigenvalue weighted by Crippen LogP contribution is 2.37. The van der Waals surface area contributed by atoms with Crippen molar-refractivity contribution in [3.05, 3.63) is 52.4 Å². The number of esters is 1. The molecule has 1 N–H and O–H groups in total. The Morgan fingerprint density at radius 2 is 1.89 bits per heavy atom. The van der Waals surface area contributed by atoms with Gasteiger partial charge in [0.1, 0.15) is 5.00 Å². The first-order valence-electron chi connectivity index (χ1n) is 9.76. The average molecular weight is 386 g/mol. The minimum absolute atomic E-state index is 0.0287. The molecule has 3 rings (SSSR count). The van der Waals surface area contributed by atoms with E-state index in [1.807, 2.05) is 24.3 Å². The summed E-state index contributed by atoms with van der Waals surface area (Å²) in [6.45, 7) is 4.22. The Morgan fingerprint density at radius 3 is 2.56 bits per heavy atom. The summed E-state index contributed by atoms with van der Waals surface area (Å²) in [6, 6.07) is 12.0. The van der Waals surface area contributed by atoms with Crippen LogP contribution in [0, 0.1) is 5.92 Å². The predicted molar refractivity (Wildman–Crippen MR) is 109 cm³/mol. The molecule has 5 heteroatoms. The molecule has 1 aliphatic carbocycles. The fourth-order valence-electron chi connectivity index (χ4n) is 3.56. The van der Waals surface area contributed by atoms with Crippen LogP contribution in [0.1, 0.15) is 72.7 Å². The van der Waals surface area contributed by atoms with Crippen LogP contribution in [0.25, 0.3) is 0 Å². The lowest BCUT2D eigenvalue weighted by Gasteiger charge is -2.20. The fourth-order valence-corrected chi connectivity index (χ4v) is 4.69. The van der Waals surface area contributed by atoms with Crippen LogP contribution in [-0.2, 0) is 9.53 Å². The molecule has 0 unspecified atom stereocenters. The Kier molecular flexibility index (Phi) is 6.67. The predicted octanol–water partition coefficient (Wildman–Crippen LogP) is 5.60. The third kappa shape index (κ3) is 4.78. The molecule has 4 nitrogen and oxygen atoms in total. The molecule has 27 heavy (non-hydrogen) atoms. The minimum atomic E-state index is -0.376. The summed E-state index contributed by atoms with van der Waals surface area (Å²) in [7, 11) is 0. The van der Waals surface area contributed by atoms with Gasteiger partial charge in [0.25, 0.3) is 0 Å². The van der Waals surface area contributed by atoms with Crippen molar-refractivity contribution in [2.45, 2.75) is 51.9 Å². The number of rotatable bonds is 6. The maximum absolute atomic E-state index is 12.7. The van der Waals surface area contributed by atoms with E-state index < -0.39 is 0 Å². The van der Waals surface area contributed by atoms with E-state index >= 15 is 0 Å². The number of ether oxygens (including phenoxy) is 1. The van der Waals surface area contributed by atoms with E-state index in [1.165, 1.54) is 23.3 Å². The van der Waals surface area contributed by atoms with Crippen LogP contribution < -0.4 is 5.32 Å². The van der Waals surface area contributed by atoms with Crippen LogP contribution in [0.4, 0.5) is 5.00 Å². The SMILES string of the molecule is CCOC(=O)c1cc([C@@H](C)c2ccccc2)sc1NC(=O)C1CCCCC1. The second kappa shape index (κ2) is 9.18. The first kappa shape index (κ1) is 19.6. The van der Waals surface area contributed by atoms with E-state index in [9.17, 15) is 9.59 Å². The van der Waals surface area contributed by atoms with Gasteiger partial charge in [0, 0.05) is 16.7 Å². The lowest BCUT2D eigenvalue weighted by molar-refractivity contribution is -0.120. The van der Waals surface area contributed by atoms with Crippen LogP contribution >= 0.6 is 11.3 Å². The largest absolute Gasteiger partial charge is 0.462 e. The van der Waals surface area contributed by atoms with Gasteiger partial charge in [-0.05, 0) is 31.4 Å². The van der Waals surface area contributed by atoms with E-state index in [0.29, 0.717) is 17.2 Å². The number of carbonyl (C=O) groups is 2. The van der Waals surface area contributed by atoms with Gasteiger partial charge in [-0.15, -0.1) is 11.3 Å². The second-order valence-electron chi connectivity index (χ2n) is 7.07. The summed E-state index contributed by atoms with van der Waals surface area (Å²) in [6.07, 6.45) is 5.27. The van der Waals surface area contributed by atoms with Gasteiger partial charge in [-0.3, -0.25) is 4.79 Å². The zero-order valence-corrected chi connectivity index (χ0v) is 16.8. The third-order valence-electron chi connectivity index (χ3n) is 5.19. The molecule has 1 fully saturated rings. The van der Waals surface area contributed by atoms with E-state index in [-0.39, 0.29) is 23.7 Å². The molecule has 1 saturated carbocycles. The number of nitrogens with one attached hydrogen (secondary N) is 1. The zero-order valence-electron chi connectivity index (χ0n) is 16.0. The maximum atomic E-state index is 12.7. The molecule has 0 aliphatic heterocycles. The van der Waals surface area contributed by atoms with Gasteiger partial charge in [-0.25, -0.2) is 4.79 Å². The Bertz CT molecular complexity index is 778. The first-order valence-corrected chi connectivity index (χ1v) is 10.6. The van der Waals surface area contributed by atoms with Gasteiger partial charge in [-0.2, -0.15) is 0 Å². The van der Waals surface area contributed by atoms with Crippen molar-refractivity contribution >= 4 is 28.2 Å². The normalized spacial score (nSPS) is 15.9. The van der Waals surface area contributed by atoms with E-state index in [0.717, 1.165) is 30.6 Å². The number of benzene rings is 1. The van der Waals surface area contributed by atoms with Crippen LogP contribution in [0.3, 0.4) is 0 Å². The summed E-state index contributed by atoms with van der Waals surface area (Å²) in [4.78, 5) is 26.2. The van der Waals surface area contributed by atoms with E-state index in [1.54, 1.807) is 6.92 Å². The van der Waals surface area contributed by atoms with Crippen molar-refractivity contribution in [2.24, 2.45) is 5.92 Å². The summed E-state index contributed by atoms with van der Waals surface area (Å²) in [5, 5.41) is 3.64. The van der Waals surface area contributed by atoms with Crippen LogP contribution in [0.15, 0.2) is 36.4 Å². The lowest BCUT2D eigenvalue weighted by Crippen LogP contribution is -2.25. The van der Waals surface area contributed by atoms with E-state index in [2.05, 4.69) is 24.4 Å². The molecule has 2 aromatic rings. The molecular weight excluding hydrogens is 358 g/mol. The Hall–Kier alpha value is -2.14. The number of anilines is 1. The monoisotopic (exact) mass is 385 g/mol. The molecular formula is C22H27NO3S. The summed E-state index contributed by atoms with van der Waals surface area (Å²) in [5.74, 6) is -0.157.